The minimum atomic E-state index is -1.09. The largest absolute Gasteiger partial charge is 0.482 e. The highest BCUT2D eigenvalue weighted by molar-refractivity contribution is 6.00. The lowest BCUT2D eigenvalue weighted by Crippen LogP contribution is -2.32. The van der Waals surface area contributed by atoms with E-state index in [1.165, 1.54) is 19.2 Å². The molecule has 1 heterocycles. The van der Waals surface area contributed by atoms with Gasteiger partial charge in [0.1, 0.15) is 12.3 Å². The first kappa shape index (κ1) is 12.9. The van der Waals surface area contributed by atoms with Gasteiger partial charge in [0.15, 0.2) is 6.61 Å². The predicted molar refractivity (Wildman–Crippen MR) is 65.2 cm³/mol. The van der Waals surface area contributed by atoms with Crippen LogP contribution < -0.4 is 10.1 Å². The van der Waals surface area contributed by atoms with Crippen molar-refractivity contribution < 1.29 is 24.2 Å². The molecular formula is C12H12N2O5. The number of benzene rings is 1. The number of carbonyl (C=O) groups excluding carboxylic acids is 2. The average molecular weight is 264 g/mol. The number of likely N-dealkylation sites (N-methyl/N-ethyl adjacent to an activating group) is 1. The maximum absolute atomic E-state index is 12.0. The van der Waals surface area contributed by atoms with E-state index in [1.54, 1.807) is 6.07 Å². The number of hydrogen-bond acceptors (Lipinski definition) is 4. The molecule has 2 rings (SSSR count). The van der Waals surface area contributed by atoms with Gasteiger partial charge in [0.05, 0.1) is 5.69 Å². The molecule has 0 aromatic heterocycles. The second-order valence-corrected chi connectivity index (χ2v) is 4.10. The number of carbonyl (C=O) groups is 3. The Morgan fingerprint density at radius 2 is 2.21 bits per heavy atom. The fourth-order valence-electron chi connectivity index (χ4n) is 1.71. The normalized spacial score (nSPS) is 13.0. The van der Waals surface area contributed by atoms with Crippen LogP contribution in [0.15, 0.2) is 18.2 Å². The molecule has 0 saturated carbocycles. The highest BCUT2D eigenvalue weighted by atomic mass is 16.5. The van der Waals surface area contributed by atoms with Crippen LogP contribution in [-0.2, 0) is 9.59 Å². The number of amides is 2. The molecule has 7 nitrogen and oxygen atoms in total. The van der Waals surface area contributed by atoms with Crippen LogP contribution >= 0.6 is 0 Å². The van der Waals surface area contributed by atoms with Gasteiger partial charge in [-0.15, -0.1) is 0 Å². The first-order valence-corrected chi connectivity index (χ1v) is 5.51. The summed E-state index contributed by atoms with van der Waals surface area (Å²) in [5.41, 5.74) is 0.694. The molecule has 100 valence electrons. The van der Waals surface area contributed by atoms with Gasteiger partial charge in [0.25, 0.3) is 11.8 Å². The molecule has 0 unspecified atom stereocenters. The number of ether oxygens (including phenoxy) is 1. The number of rotatable bonds is 3. The molecule has 0 atom stereocenters. The van der Waals surface area contributed by atoms with Gasteiger partial charge in [0, 0.05) is 12.6 Å². The van der Waals surface area contributed by atoms with Gasteiger partial charge in [-0.1, -0.05) is 0 Å². The summed E-state index contributed by atoms with van der Waals surface area (Å²) in [6.45, 7) is -0.446. The monoisotopic (exact) mass is 264 g/mol. The first-order chi connectivity index (χ1) is 8.97. The van der Waals surface area contributed by atoms with Crippen LogP contribution in [-0.4, -0.2) is 48.0 Å². The topological polar surface area (TPSA) is 95.9 Å². The molecule has 1 aliphatic heterocycles. The quantitative estimate of drug-likeness (QED) is 0.811. The number of aliphatic carboxylic acids is 1. The van der Waals surface area contributed by atoms with E-state index in [-0.39, 0.29) is 18.1 Å². The Hall–Kier alpha value is -2.57. The number of fused-ring (bicyclic) bond motifs is 1. The summed E-state index contributed by atoms with van der Waals surface area (Å²) in [4.78, 5) is 34.8. The van der Waals surface area contributed by atoms with Crippen molar-refractivity contribution in [1.29, 1.82) is 0 Å². The molecule has 2 N–H and O–H groups in total. The summed E-state index contributed by atoms with van der Waals surface area (Å²) in [7, 11) is 1.39. The van der Waals surface area contributed by atoms with Crippen molar-refractivity contribution in [2.75, 3.05) is 25.5 Å². The molecule has 2 amide bonds. The molecule has 1 aromatic rings. The van der Waals surface area contributed by atoms with E-state index in [4.69, 9.17) is 9.84 Å². The summed E-state index contributed by atoms with van der Waals surface area (Å²) in [5, 5.41) is 11.2. The van der Waals surface area contributed by atoms with Crippen molar-refractivity contribution in [3.63, 3.8) is 0 Å². The highest BCUT2D eigenvalue weighted by Crippen LogP contribution is 2.28. The van der Waals surface area contributed by atoms with E-state index < -0.39 is 18.4 Å². The van der Waals surface area contributed by atoms with Crippen molar-refractivity contribution in [2.45, 2.75) is 0 Å². The number of carboxylic acid groups (broad SMARTS) is 1. The van der Waals surface area contributed by atoms with Gasteiger partial charge < -0.3 is 20.1 Å². The molecule has 1 aliphatic rings. The molecule has 0 saturated heterocycles. The second kappa shape index (κ2) is 4.97. The zero-order chi connectivity index (χ0) is 14.0. The molecule has 7 heteroatoms. The highest BCUT2D eigenvalue weighted by Gasteiger charge is 2.20. The summed E-state index contributed by atoms with van der Waals surface area (Å²) < 4.78 is 5.16. The van der Waals surface area contributed by atoms with Gasteiger partial charge in [-0.3, -0.25) is 14.4 Å². The number of nitrogens with one attached hydrogen (secondary N) is 1. The zero-order valence-corrected chi connectivity index (χ0v) is 10.2. The third-order valence-corrected chi connectivity index (χ3v) is 2.58. The molecule has 19 heavy (non-hydrogen) atoms. The summed E-state index contributed by atoms with van der Waals surface area (Å²) in [6.07, 6.45) is 0. The minimum Gasteiger partial charge on any atom is -0.482 e. The summed E-state index contributed by atoms with van der Waals surface area (Å²) in [5.74, 6) is -1.34. The van der Waals surface area contributed by atoms with E-state index >= 15 is 0 Å². The third-order valence-electron chi connectivity index (χ3n) is 2.58. The Kier molecular flexibility index (Phi) is 3.37. The van der Waals surface area contributed by atoms with Crippen LogP contribution in [0.25, 0.3) is 0 Å². The Bertz CT molecular complexity index is 555. The number of carboxylic acids is 1. The molecule has 0 fully saturated rings. The second-order valence-electron chi connectivity index (χ2n) is 4.10. The fourth-order valence-corrected chi connectivity index (χ4v) is 1.71. The van der Waals surface area contributed by atoms with Crippen LogP contribution in [0.4, 0.5) is 5.69 Å². The Morgan fingerprint density at radius 3 is 2.89 bits per heavy atom. The molecule has 0 spiro atoms. The van der Waals surface area contributed by atoms with Crippen LogP contribution in [0.2, 0.25) is 0 Å². The van der Waals surface area contributed by atoms with Crippen molar-refractivity contribution >= 4 is 23.5 Å². The summed E-state index contributed by atoms with van der Waals surface area (Å²) >= 11 is 0. The Balaban J connectivity index is 2.21. The van der Waals surface area contributed by atoms with Crippen LogP contribution in [0, 0.1) is 0 Å². The van der Waals surface area contributed by atoms with E-state index in [2.05, 4.69) is 5.32 Å². The average Bonchev–Trinajstić information content (AvgIpc) is 2.36. The van der Waals surface area contributed by atoms with Crippen molar-refractivity contribution in [1.82, 2.24) is 4.90 Å². The molecule has 0 radical (unpaired) electrons. The lowest BCUT2D eigenvalue weighted by Gasteiger charge is -2.20. The van der Waals surface area contributed by atoms with Crippen LogP contribution in [0.5, 0.6) is 5.75 Å². The van der Waals surface area contributed by atoms with Crippen LogP contribution in [0.3, 0.4) is 0 Å². The molecule has 0 aliphatic carbocycles. The van der Waals surface area contributed by atoms with E-state index in [0.29, 0.717) is 11.4 Å². The van der Waals surface area contributed by atoms with Crippen molar-refractivity contribution in [3.8, 4) is 5.75 Å². The predicted octanol–water partition coefficient (Wildman–Crippen LogP) is 0.174. The SMILES string of the molecule is CN(CC(=O)O)C(=O)c1ccc2c(c1)NC(=O)CO2. The Morgan fingerprint density at radius 1 is 1.47 bits per heavy atom. The van der Waals surface area contributed by atoms with Gasteiger partial charge in [-0.2, -0.15) is 0 Å². The smallest absolute Gasteiger partial charge is 0.323 e. The van der Waals surface area contributed by atoms with Crippen LogP contribution in [0.1, 0.15) is 10.4 Å². The number of anilines is 1. The van der Waals surface area contributed by atoms with Gasteiger partial charge in [-0.05, 0) is 18.2 Å². The van der Waals surface area contributed by atoms with Crippen molar-refractivity contribution in [2.24, 2.45) is 0 Å². The first-order valence-electron chi connectivity index (χ1n) is 5.51. The minimum absolute atomic E-state index is 0.0563. The zero-order valence-electron chi connectivity index (χ0n) is 10.2. The number of hydrogen-bond donors (Lipinski definition) is 2. The van der Waals surface area contributed by atoms with E-state index in [1.807, 2.05) is 0 Å². The Labute approximate surface area is 108 Å². The van der Waals surface area contributed by atoms with E-state index in [9.17, 15) is 14.4 Å². The molecule has 1 aromatic carbocycles. The lowest BCUT2D eigenvalue weighted by atomic mass is 10.1. The third kappa shape index (κ3) is 2.82. The van der Waals surface area contributed by atoms with Crippen molar-refractivity contribution in [3.05, 3.63) is 23.8 Å². The maximum Gasteiger partial charge on any atom is 0.323 e. The van der Waals surface area contributed by atoms with Gasteiger partial charge in [0.2, 0.25) is 0 Å². The number of nitrogens with zero attached hydrogens (tertiary/aromatic N) is 1. The lowest BCUT2D eigenvalue weighted by molar-refractivity contribution is -0.137. The standard InChI is InChI=1S/C12H12N2O5/c1-14(5-11(16)17)12(18)7-2-3-9-8(4-7)13-10(15)6-19-9/h2-4H,5-6H2,1H3,(H,13,15)(H,16,17). The van der Waals surface area contributed by atoms with E-state index in [0.717, 1.165) is 4.90 Å². The molecular weight excluding hydrogens is 252 g/mol. The van der Waals surface area contributed by atoms with Gasteiger partial charge in [-0.25, -0.2) is 0 Å². The molecule has 0 bridgehead atoms. The van der Waals surface area contributed by atoms with Gasteiger partial charge >= 0.3 is 5.97 Å². The maximum atomic E-state index is 12.0. The fraction of sp³-hybridized carbons (Fsp3) is 0.250. The summed E-state index contributed by atoms with van der Waals surface area (Å²) in [6, 6.07) is 4.56.